The summed E-state index contributed by atoms with van der Waals surface area (Å²) in [7, 11) is 1.80. The Morgan fingerprint density at radius 3 is 2.46 bits per heavy atom. The van der Waals surface area contributed by atoms with Crippen molar-refractivity contribution in [3.05, 3.63) is 47.7 Å². The van der Waals surface area contributed by atoms with Crippen LogP contribution in [0.5, 0.6) is 0 Å². The first-order valence-corrected chi connectivity index (χ1v) is 9.14. The van der Waals surface area contributed by atoms with E-state index < -0.39 is 5.41 Å². The van der Waals surface area contributed by atoms with Gasteiger partial charge in [0.05, 0.1) is 5.41 Å². The predicted molar refractivity (Wildman–Crippen MR) is 102 cm³/mol. The van der Waals surface area contributed by atoms with E-state index in [1.807, 2.05) is 20.0 Å². The van der Waals surface area contributed by atoms with Crippen molar-refractivity contribution in [3.63, 3.8) is 0 Å². The van der Waals surface area contributed by atoms with Crippen molar-refractivity contribution in [3.8, 4) is 0 Å². The Morgan fingerprint density at radius 2 is 1.77 bits per heavy atom. The quantitative estimate of drug-likeness (QED) is 0.847. The van der Waals surface area contributed by atoms with E-state index in [2.05, 4.69) is 45.1 Å². The summed E-state index contributed by atoms with van der Waals surface area (Å²) in [5.41, 5.74) is 1.71. The van der Waals surface area contributed by atoms with Crippen molar-refractivity contribution in [2.45, 2.75) is 25.8 Å². The first-order chi connectivity index (χ1) is 12.5. The largest absolute Gasteiger partial charge is 0.338 e. The van der Waals surface area contributed by atoms with Gasteiger partial charge in [0.25, 0.3) is 0 Å². The van der Waals surface area contributed by atoms with Crippen LogP contribution in [0.15, 0.2) is 36.5 Å². The molecule has 0 unspecified atom stereocenters. The zero-order chi connectivity index (χ0) is 18.3. The normalized spacial score (nSPS) is 19.7. The molecule has 136 valence electrons. The van der Waals surface area contributed by atoms with Crippen LogP contribution in [0.4, 0.5) is 11.8 Å². The highest BCUT2D eigenvalue weighted by Gasteiger charge is 2.44. The average molecular weight is 351 g/mol. The summed E-state index contributed by atoms with van der Waals surface area (Å²) in [6.07, 6.45) is 1.83. The Hall–Kier alpha value is -2.47. The maximum absolute atomic E-state index is 12.4. The third-order valence-electron chi connectivity index (χ3n) is 5.49. The Morgan fingerprint density at radius 1 is 1.08 bits per heavy atom. The lowest BCUT2D eigenvalue weighted by Gasteiger charge is -2.35. The van der Waals surface area contributed by atoms with Crippen LogP contribution in [-0.4, -0.2) is 54.0 Å². The number of hydrogen-bond donors (Lipinski definition) is 0. The van der Waals surface area contributed by atoms with E-state index in [0.717, 1.165) is 50.1 Å². The highest BCUT2D eigenvalue weighted by Crippen LogP contribution is 2.39. The Labute approximate surface area is 154 Å². The number of anilines is 2. The summed E-state index contributed by atoms with van der Waals surface area (Å²) in [5, 5.41) is 0. The maximum Gasteiger partial charge on any atom is 0.238 e. The van der Waals surface area contributed by atoms with Gasteiger partial charge in [0.2, 0.25) is 11.9 Å². The number of nitrogens with zero attached hydrogens (tertiary/aromatic N) is 5. The Kier molecular flexibility index (Phi) is 4.15. The molecule has 0 bridgehead atoms. The van der Waals surface area contributed by atoms with Crippen LogP contribution in [0, 0.1) is 0 Å². The van der Waals surface area contributed by atoms with E-state index in [1.54, 1.807) is 11.9 Å². The van der Waals surface area contributed by atoms with Crippen molar-refractivity contribution in [2.24, 2.45) is 0 Å². The fraction of sp³-hybridized carbons (Fsp3) is 0.450. The number of likely N-dealkylation sites (N-methyl/N-ethyl adjacent to an activating group) is 1. The number of carbonyl (C=O) groups excluding carboxylic acids is 1. The SMILES string of the molecule is CN1C(=O)C(C)(C)c2cnc(N3CCN(Cc4ccccc4)CC3)nc21. The molecule has 0 atom stereocenters. The summed E-state index contributed by atoms with van der Waals surface area (Å²) in [5.74, 6) is 1.55. The number of benzene rings is 1. The van der Waals surface area contributed by atoms with E-state index in [-0.39, 0.29) is 5.91 Å². The lowest BCUT2D eigenvalue weighted by molar-refractivity contribution is -0.121. The zero-order valence-corrected chi connectivity index (χ0v) is 15.6. The van der Waals surface area contributed by atoms with Crippen LogP contribution in [0.3, 0.4) is 0 Å². The van der Waals surface area contributed by atoms with Crippen LogP contribution in [0.25, 0.3) is 0 Å². The lowest BCUT2D eigenvalue weighted by atomic mass is 9.88. The number of amides is 1. The first kappa shape index (κ1) is 17.0. The lowest BCUT2D eigenvalue weighted by Crippen LogP contribution is -2.46. The molecule has 4 rings (SSSR count). The summed E-state index contributed by atoms with van der Waals surface area (Å²) in [6, 6.07) is 10.6. The second-order valence-corrected chi connectivity index (χ2v) is 7.65. The first-order valence-electron chi connectivity index (χ1n) is 9.14. The molecule has 2 aromatic rings. The minimum atomic E-state index is -0.545. The third-order valence-corrected chi connectivity index (χ3v) is 5.49. The molecule has 26 heavy (non-hydrogen) atoms. The van der Waals surface area contributed by atoms with Gasteiger partial charge < -0.3 is 4.90 Å². The molecule has 0 radical (unpaired) electrons. The maximum atomic E-state index is 12.4. The third kappa shape index (κ3) is 2.84. The minimum absolute atomic E-state index is 0.0756. The van der Waals surface area contributed by atoms with Crippen LogP contribution in [0.2, 0.25) is 0 Å². The van der Waals surface area contributed by atoms with Crippen molar-refractivity contribution < 1.29 is 4.79 Å². The number of rotatable bonds is 3. The highest BCUT2D eigenvalue weighted by molar-refractivity contribution is 6.06. The number of piperazine rings is 1. The second-order valence-electron chi connectivity index (χ2n) is 7.65. The van der Waals surface area contributed by atoms with E-state index in [4.69, 9.17) is 4.98 Å². The van der Waals surface area contributed by atoms with E-state index in [1.165, 1.54) is 5.56 Å². The second kappa shape index (κ2) is 6.36. The van der Waals surface area contributed by atoms with Crippen molar-refractivity contribution >= 4 is 17.7 Å². The molecule has 1 aromatic heterocycles. The molecule has 2 aliphatic heterocycles. The Balaban J connectivity index is 1.45. The summed E-state index contributed by atoms with van der Waals surface area (Å²) < 4.78 is 0. The molecule has 1 amide bonds. The van der Waals surface area contributed by atoms with Crippen LogP contribution < -0.4 is 9.80 Å². The summed E-state index contributed by atoms with van der Waals surface area (Å²) in [4.78, 5) is 28.0. The predicted octanol–water partition coefficient (Wildman–Crippen LogP) is 2.05. The molecule has 0 N–H and O–H groups in total. The molecule has 6 heteroatoms. The van der Waals surface area contributed by atoms with E-state index in [0.29, 0.717) is 0 Å². The van der Waals surface area contributed by atoms with Gasteiger partial charge in [-0.05, 0) is 19.4 Å². The fourth-order valence-electron chi connectivity index (χ4n) is 3.79. The van der Waals surface area contributed by atoms with Gasteiger partial charge in [0.1, 0.15) is 5.82 Å². The number of fused-ring (bicyclic) bond motifs is 1. The highest BCUT2D eigenvalue weighted by atomic mass is 16.2. The smallest absolute Gasteiger partial charge is 0.238 e. The van der Waals surface area contributed by atoms with Gasteiger partial charge in [-0.1, -0.05) is 30.3 Å². The molecule has 1 fully saturated rings. The van der Waals surface area contributed by atoms with Gasteiger partial charge in [-0.2, -0.15) is 4.98 Å². The van der Waals surface area contributed by atoms with Gasteiger partial charge in [-0.15, -0.1) is 0 Å². The van der Waals surface area contributed by atoms with Crippen molar-refractivity contribution in [2.75, 3.05) is 43.0 Å². The standard InChI is InChI=1S/C20H25N5O/c1-20(2)16-13-21-19(22-17(16)23(3)18(20)26)25-11-9-24(10-12-25)14-15-7-5-4-6-8-15/h4-8,13H,9-12,14H2,1-3H3. The summed E-state index contributed by atoms with van der Waals surface area (Å²) in [6.45, 7) is 8.60. The molecule has 0 aliphatic carbocycles. The number of carbonyl (C=O) groups is 1. The van der Waals surface area contributed by atoms with Crippen molar-refractivity contribution in [1.29, 1.82) is 0 Å². The van der Waals surface area contributed by atoms with Crippen molar-refractivity contribution in [1.82, 2.24) is 14.9 Å². The number of hydrogen-bond acceptors (Lipinski definition) is 5. The zero-order valence-electron chi connectivity index (χ0n) is 15.6. The van der Waals surface area contributed by atoms with Gasteiger partial charge in [-0.25, -0.2) is 4.98 Å². The minimum Gasteiger partial charge on any atom is -0.338 e. The molecule has 3 heterocycles. The molecule has 0 saturated carbocycles. The number of aromatic nitrogens is 2. The molecule has 0 spiro atoms. The molecule has 2 aliphatic rings. The molecular formula is C20H25N5O. The Bertz CT molecular complexity index is 812. The van der Waals surface area contributed by atoms with E-state index >= 15 is 0 Å². The topological polar surface area (TPSA) is 52.6 Å². The monoisotopic (exact) mass is 351 g/mol. The molecular weight excluding hydrogens is 326 g/mol. The fourth-order valence-corrected chi connectivity index (χ4v) is 3.79. The summed E-state index contributed by atoms with van der Waals surface area (Å²) >= 11 is 0. The van der Waals surface area contributed by atoms with Crippen LogP contribution in [-0.2, 0) is 16.8 Å². The van der Waals surface area contributed by atoms with Gasteiger partial charge in [0, 0.05) is 51.5 Å². The van der Waals surface area contributed by atoms with E-state index in [9.17, 15) is 4.79 Å². The average Bonchev–Trinajstić information content (AvgIpc) is 2.83. The molecule has 1 saturated heterocycles. The van der Waals surface area contributed by atoms with Gasteiger partial charge in [0.15, 0.2) is 0 Å². The van der Waals surface area contributed by atoms with Gasteiger partial charge in [-0.3, -0.25) is 14.6 Å². The van der Waals surface area contributed by atoms with Gasteiger partial charge >= 0.3 is 0 Å². The molecule has 6 nitrogen and oxygen atoms in total. The van der Waals surface area contributed by atoms with Crippen LogP contribution >= 0.6 is 0 Å². The molecule has 1 aromatic carbocycles. The van der Waals surface area contributed by atoms with Crippen LogP contribution in [0.1, 0.15) is 25.0 Å².